The van der Waals surface area contributed by atoms with Gasteiger partial charge in [0.2, 0.25) is 5.88 Å². The highest BCUT2D eigenvalue weighted by Crippen LogP contribution is 2.32. The van der Waals surface area contributed by atoms with Crippen LogP contribution in [0.15, 0.2) is 30.3 Å². The van der Waals surface area contributed by atoms with Gasteiger partial charge in [0.1, 0.15) is 0 Å². The van der Waals surface area contributed by atoms with Crippen LogP contribution < -0.4 is 4.74 Å². The molecule has 0 N–H and O–H groups in total. The molecular weight excluding hydrogens is 200 g/mol. The molecule has 0 fully saturated rings. The van der Waals surface area contributed by atoms with E-state index in [9.17, 15) is 0 Å². The molecule has 0 unspecified atom stereocenters. The highest BCUT2D eigenvalue weighted by Gasteiger charge is 2.23. The van der Waals surface area contributed by atoms with E-state index in [2.05, 4.69) is 5.10 Å². The Labute approximate surface area is 94.7 Å². The first-order valence-electron chi connectivity index (χ1n) is 5.60. The minimum absolute atomic E-state index is 0.902. The maximum absolute atomic E-state index is 5.48. The molecule has 0 spiro atoms. The standard InChI is InChI=1S/C13H14N2O/c1-16-13-11-8-5-9-12(11)14-15(13)10-6-3-2-4-7-10/h2-4,6-7H,5,8-9H2,1H3. The van der Waals surface area contributed by atoms with E-state index in [4.69, 9.17) is 4.74 Å². The lowest BCUT2D eigenvalue weighted by Gasteiger charge is -2.07. The minimum Gasteiger partial charge on any atom is -0.481 e. The predicted octanol–water partition coefficient (Wildman–Crippen LogP) is 2.37. The molecule has 0 amide bonds. The Morgan fingerprint density at radius 2 is 2.00 bits per heavy atom. The Bertz CT molecular complexity index is 502. The summed E-state index contributed by atoms with van der Waals surface area (Å²) in [6, 6.07) is 10.1. The van der Waals surface area contributed by atoms with Crippen molar-refractivity contribution < 1.29 is 4.74 Å². The number of rotatable bonds is 2. The molecule has 16 heavy (non-hydrogen) atoms. The van der Waals surface area contributed by atoms with Gasteiger partial charge in [0.15, 0.2) is 0 Å². The second-order valence-corrected chi connectivity index (χ2v) is 4.04. The van der Waals surface area contributed by atoms with E-state index in [0.29, 0.717) is 0 Å². The van der Waals surface area contributed by atoms with Crippen molar-refractivity contribution in [2.24, 2.45) is 0 Å². The van der Waals surface area contributed by atoms with E-state index in [0.717, 1.165) is 24.4 Å². The summed E-state index contributed by atoms with van der Waals surface area (Å²) in [7, 11) is 1.72. The van der Waals surface area contributed by atoms with Gasteiger partial charge < -0.3 is 4.74 Å². The van der Waals surface area contributed by atoms with Gasteiger partial charge in [-0.2, -0.15) is 5.10 Å². The zero-order chi connectivity index (χ0) is 11.0. The fraction of sp³-hybridized carbons (Fsp3) is 0.308. The molecule has 0 atom stereocenters. The van der Waals surface area contributed by atoms with Crippen LogP contribution in [0.2, 0.25) is 0 Å². The number of hydrogen-bond acceptors (Lipinski definition) is 2. The van der Waals surface area contributed by atoms with Crippen LogP contribution >= 0.6 is 0 Å². The molecule has 3 nitrogen and oxygen atoms in total. The molecule has 1 aliphatic carbocycles. The third kappa shape index (κ3) is 1.32. The van der Waals surface area contributed by atoms with Gasteiger partial charge in [0.05, 0.1) is 18.5 Å². The summed E-state index contributed by atoms with van der Waals surface area (Å²) in [4.78, 5) is 0. The van der Waals surface area contributed by atoms with Crippen LogP contribution in [0.3, 0.4) is 0 Å². The Morgan fingerprint density at radius 1 is 1.19 bits per heavy atom. The topological polar surface area (TPSA) is 27.1 Å². The van der Waals surface area contributed by atoms with Gasteiger partial charge in [-0.25, -0.2) is 4.68 Å². The largest absolute Gasteiger partial charge is 0.481 e. The quantitative estimate of drug-likeness (QED) is 0.767. The molecule has 0 aliphatic heterocycles. The molecule has 1 heterocycles. The molecular formula is C13H14N2O. The number of hydrogen-bond donors (Lipinski definition) is 0. The Kier molecular flexibility index (Phi) is 2.17. The van der Waals surface area contributed by atoms with Crippen molar-refractivity contribution in [3.63, 3.8) is 0 Å². The van der Waals surface area contributed by atoms with Crippen molar-refractivity contribution in [1.82, 2.24) is 9.78 Å². The normalized spacial score (nSPS) is 13.8. The molecule has 1 aromatic carbocycles. The van der Waals surface area contributed by atoms with Gasteiger partial charge >= 0.3 is 0 Å². The summed E-state index contributed by atoms with van der Waals surface area (Å²) in [5, 5.41) is 4.62. The summed E-state index contributed by atoms with van der Waals surface area (Å²) in [6.45, 7) is 0. The van der Waals surface area contributed by atoms with E-state index in [-0.39, 0.29) is 0 Å². The summed E-state index contributed by atoms with van der Waals surface area (Å²) in [5.41, 5.74) is 3.54. The van der Waals surface area contributed by atoms with Crippen LogP contribution in [0.4, 0.5) is 0 Å². The van der Waals surface area contributed by atoms with Crippen LogP contribution in [-0.4, -0.2) is 16.9 Å². The maximum Gasteiger partial charge on any atom is 0.219 e. The summed E-state index contributed by atoms with van der Waals surface area (Å²) < 4.78 is 7.39. The van der Waals surface area contributed by atoms with Crippen LogP contribution in [-0.2, 0) is 12.8 Å². The molecule has 1 aromatic heterocycles. The van der Waals surface area contributed by atoms with Crippen molar-refractivity contribution in [2.75, 3.05) is 7.11 Å². The summed E-state index contributed by atoms with van der Waals surface area (Å²) in [5.74, 6) is 0.902. The fourth-order valence-electron chi connectivity index (χ4n) is 2.32. The lowest BCUT2D eigenvalue weighted by molar-refractivity contribution is 0.379. The van der Waals surface area contributed by atoms with Gasteiger partial charge in [-0.1, -0.05) is 18.2 Å². The molecule has 0 radical (unpaired) electrons. The van der Waals surface area contributed by atoms with Gasteiger partial charge in [0.25, 0.3) is 0 Å². The first-order valence-corrected chi connectivity index (χ1v) is 5.60. The number of ether oxygens (including phenoxy) is 1. The molecule has 82 valence electrons. The summed E-state index contributed by atoms with van der Waals surface area (Å²) in [6.07, 6.45) is 3.36. The second-order valence-electron chi connectivity index (χ2n) is 4.04. The highest BCUT2D eigenvalue weighted by atomic mass is 16.5. The molecule has 0 saturated carbocycles. The molecule has 3 rings (SSSR count). The lowest BCUT2D eigenvalue weighted by Crippen LogP contribution is -2.01. The zero-order valence-electron chi connectivity index (χ0n) is 9.31. The fourth-order valence-corrected chi connectivity index (χ4v) is 2.32. The first-order chi connectivity index (χ1) is 7.90. The van der Waals surface area contributed by atoms with Gasteiger partial charge in [0, 0.05) is 5.56 Å². The average Bonchev–Trinajstić information content (AvgIpc) is 2.89. The summed E-state index contributed by atoms with van der Waals surface area (Å²) >= 11 is 0. The highest BCUT2D eigenvalue weighted by molar-refractivity contribution is 5.43. The van der Waals surface area contributed by atoms with E-state index in [1.165, 1.54) is 17.7 Å². The van der Waals surface area contributed by atoms with Crippen molar-refractivity contribution in [2.45, 2.75) is 19.3 Å². The molecule has 0 bridgehead atoms. The van der Waals surface area contributed by atoms with E-state index >= 15 is 0 Å². The van der Waals surface area contributed by atoms with Gasteiger partial charge in [-0.3, -0.25) is 0 Å². The van der Waals surface area contributed by atoms with Gasteiger partial charge in [-0.05, 0) is 31.4 Å². The SMILES string of the molecule is COc1c2c(nn1-c1ccccc1)CCC2. The van der Waals surface area contributed by atoms with E-state index < -0.39 is 0 Å². The first kappa shape index (κ1) is 9.46. The van der Waals surface area contributed by atoms with E-state index in [1.807, 2.05) is 35.0 Å². The number of aryl methyl sites for hydroxylation is 1. The Hall–Kier alpha value is -1.77. The van der Waals surface area contributed by atoms with Crippen molar-refractivity contribution in [3.05, 3.63) is 41.6 Å². The van der Waals surface area contributed by atoms with Crippen molar-refractivity contribution in [1.29, 1.82) is 0 Å². The smallest absolute Gasteiger partial charge is 0.219 e. The molecule has 2 aromatic rings. The Balaban J connectivity index is 2.15. The lowest BCUT2D eigenvalue weighted by atomic mass is 10.2. The minimum atomic E-state index is 0.902. The second kappa shape index (κ2) is 3.67. The zero-order valence-corrected chi connectivity index (χ0v) is 9.31. The molecule has 3 heteroatoms. The number of methoxy groups -OCH3 is 1. The van der Waals surface area contributed by atoms with Crippen LogP contribution in [0.5, 0.6) is 5.88 Å². The van der Waals surface area contributed by atoms with Crippen LogP contribution in [0.1, 0.15) is 17.7 Å². The van der Waals surface area contributed by atoms with E-state index in [1.54, 1.807) is 7.11 Å². The molecule has 0 saturated heterocycles. The van der Waals surface area contributed by atoms with Crippen LogP contribution in [0.25, 0.3) is 5.69 Å². The predicted molar refractivity (Wildman–Crippen MR) is 62.1 cm³/mol. The third-order valence-corrected chi connectivity index (χ3v) is 3.05. The molecule has 1 aliphatic rings. The number of fused-ring (bicyclic) bond motifs is 1. The third-order valence-electron chi connectivity index (χ3n) is 3.05. The monoisotopic (exact) mass is 214 g/mol. The average molecular weight is 214 g/mol. The Morgan fingerprint density at radius 3 is 2.75 bits per heavy atom. The van der Waals surface area contributed by atoms with Gasteiger partial charge in [-0.15, -0.1) is 0 Å². The number of benzene rings is 1. The maximum atomic E-state index is 5.48. The number of aromatic nitrogens is 2. The van der Waals surface area contributed by atoms with Crippen molar-refractivity contribution >= 4 is 0 Å². The van der Waals surface area contributed by atoms with Crippen LogP contribution in [0, 0.1) is 0 Å². The van der Waals surface area contributed by atoms with Crippen molar-refractivity contribution in [3.8, 4) is 11.6 Å². The number of para-hydroxylation sites is 1. The number of nitrogens with zero attached hydrogens (tertiary/aromatic N) is 2.